The molecule has 0 radical (unpaired) electrons. The minimum Gasteiger partial charge on any atom is -0.289 e. The molecular formula is C17H13NOS2. The quantitative estimate of drug-likeness (QED) is 0.481. The van der Waals surface area contributed by atoms with Crippen molar-refractivity contribution >= 4 is 51.1 Å². The number of carbonyl (C=O) groups is 1. The van der Waals surface area contributed by atoms with E-state index in [4.69, 9.17) is 12.2 Å². The molecule has 0 bridgehead atoms. The van der Waals surface area contributed by atoms with Crippen LogP contribution in [-0.2, 0) is 4.79 Å². The number of benzene rings is 2. The van der Waals surface area contributed by atoms with Crippen molar-refractivity contribution < 1.29 is 4.79 Å². The number of hydrogen-bond donors (Lipinski definition) is 0. The van der Waals surface area contributed by atoms with E-state index >= 15 is 0 Å². The Morgan fingerprint density at radius 2 is 1.95 bits per heavy atom. The lowest BCUT2D eigenvalue weighted by atomic mass is 10.0. The first-order valence-corrected chi connectivity index (χ1v) is 7.77. The summed E-state index contributed by atoms with van der Waals surface area (Å²) in [6.07, 6.45) is 3.61. The number of nitrogens with zero attached hydrogens (tertiary/aromatic N) is 1. The molecule has 2 nitrogen and oxygen atoms in total. The summed E-state index contributed by atoms with van der Waals surface area (Å²) in [4.78, 5) is 14.6. The van der Waals surface area contributed by atoms with Gasteiger partial charge in [0.1, 0.15) is 4.32 Å². The van der Waals surface area contributed by atoms with Gasteiger partial charge < -0.3 is 0 Å². The highest BCUT2D eigenvalue weighted by atomic mass is 32.2. The standard InChI is InChI=1S/C17H13NOS2/c1-2-10-18-16(19)15(21-17(18)20)11-13-8-5-7-12-6-3-4-9-14(12)13/h2-9,11H,1,10H2. The summed E-state index contributed by atoms with van der Waals surface area (Å²) in [5.74, 6) is -0.0437. The number of amides is 1. The molecule has 1 aliphatic rings. The second kappa shape index (κ2) is 5.84. The molecule has 1 heterocycles. The van der Waals surface area contributed by atoms with Crippen LogP contribution in [0.3, 0.4) is 0 Å². The minimum atomic E-state index is -0.0437. The molecule has 0 unspecified atom stereocenters. The van der Waals surface area contributed by atoms with E-state index in [2.05, 4.69) is 24.8 Å². The SMILES string of the molecule is C=CCN1C(=O)C(=Cc2cccc3ccccc23)SC1=S. The van der Waals surface area contributed by atoms with Crippen LogP contribution in [0, 0.1) is 0 Å². The summed E-state index contributed by atoms with van der Waals surface area (Å²) in [6.45, 7) is 4.12. The summed E-state index contributed by atoms with van der Waals surface area (Å²) in [6, 6.07) is 14.2. The zero-order valence-electron chi connectivity index (χ0n) is 11.3. The fourth-order valence-corrected chi connectivity index (χ4v) is 3.57. The van der Waals surface area contributed by atoms with Gasteiger partial charge >= 0.3 is 0 Å². The number of rotatable bonds is 3. The molecule has 2 aromatic carbocycles. The van der Waals surface area contributed by atoms with Crippen molar-refractivity contribution in [3.8, 4) is 0 Å². The van der Waals surface area contributed by atoms with Crippen molar-refractivity contribution in [1.82, 2.24) is 4.90 Å². The molecule has 1 aliphatic heterocycles. The van der Waals surface area contributed by atoms with Gasteiger partial charge in [0.2, 0.25) is 0 Å². The molecule has 0 atom stereocenters. The molecule has 0 aliphatic carbocycles. The molecule has 0 N–H and O–H groups in total. The first kappa shape index (κ1) is 14.0. The van der Waals surface area contributed by atoms with Crippen LogP contribution in [0.2, 0.25) is 0 Å². The Balaban J connectivity index is 2.03. The first-order valence-electron chi connectivity index (χ1n) is 6.55. The predicted molar refractivity (Wildman–Crippen MR) is 94.0 cm³/mol. The first-order chi connectivity index (χ1) is 10.2. The second-order valence-electron chi connectivity index (χ2n) is 4.65. The molecular weight excluding hydrogens is 298 g/mol. The number of thiocarbonyl (C=S) groups is 1. The molecule has 4 heteroatoms. The Hall–Kier alpha value is -1.91. The lowest BCUT2D eigenvalue weighted by Crippen LogP contribution is -2.27. The van der Waals surface area contributed by atoms with Crippen LogP contribution in [0.25, 0.3) is 16.8 Å². The molecule has 1 fully saturated rings. The van der Waals surface area contributed by atoms with Crippen molar-refractivity contribution in [2.24, 2.45) is 0 Å². The van der Waals surface area contributed by atoms with Crippen LogP contribution in [0.15, 0.2) is 60.0 Å². The van der Waals surface area contributed by atoms with Gasteiger partial charge in [-0.1, -0.05) is 72.5 Å². The van der Waals surface area contributed by atoms with E-state index in [1.54, 1.807) is 11.0 Å². The maximum atomic E-state index is 12.3. The monoisotopic (exact) mass is 311 g/mol. The maximum absolute atomic E-state index is 12.3. The lowest BCUT2D eigenvalue weighted by molar-refractivity contribution is -0.121. The highest BCUT2D eigenvalue weighted by Crippen LogP contribution is 2.33. The Bertz CT molecular complexity index is 774. The van der Waals surface area contributed by atoms with Gasteiger partial charge in [0, 0.05) is 6.54 Å². The van der Waals surface area contributed by atoms with Crippen LogP contribution in [0.1, 0.15) is 5.56 Å². The minimum absolute atomic E-state index is 0.0437. The Labute approximate surface area is 133 Å². The molecule has 104 valence electrons. The van der Waals surface area contributed by atoms with Crippen molar-refractivity contribution in [3.63, 3.8) is 0 Å². The van der Waals surface area contributed by atoms with Crippen LogP contribution in [-0.4, -0.2) is 21.7 Å². The van der Waals surface area contributed by atoms with Crippen LogP contribution >= 0.6 is 24.0 Å². The van der Waals surface area contributed by atoms with E-state index in [9.17, 15) is 4.79 Å². The van der Waals surface area contributed by atoms with Gasteiger partial charge in [0.15, 0.2) is 0 Å². The van der Waals surface area contributed by atoms with E-state index in [0.717, 1.165) is 16.3 Å². The fraction of sp³-hybridized carbons (Fsp3) is 0.0588. The van der Waals surface area contributed by atoms with E-state index in [-0.39, 0.29) is 5.91 Å². The van der Waals surface area contributed by atoms with Gasteiger partial charge in [0.05, 0.1) is 4.91 Å². The van der Waals surface area contributed by atoms with Gasteiger partial charge in [-0.05, 0) is 22.4 Å². The molecule has 0 saturated carbocycles. The van der Waals surface area contributed by atoms with Crippen LogP contribution in [0.4, 0.5) is 0 Å². The predicted octanol–water partition coefficient (Wildman–Crippen LogP) is 4.23. The fourth-order valence-electron chi connectivity index (χ4n) is 2.30. The smallest absolute Gasteiger partial charge is 0.266 e. The Morgan fingerprint density at radius 1 is 1.19 bits per heavy atom. The van der Waals surface area contributed by atoms with Gasteiger partial charge in [-0.25, -0.2) is 0 Å². The van der Waals surface area contributed by atoms with E-state index in [0.29, 0.717) is 15.8 Å². The summed E-state index contributed by atoms with van der Waals surface area (Å²) in [7, 11) is 0. The molecule has 21 heavy (non-hydrogen) atoms. The van der Waals surface area contributed by atoms with Gasteiger partial charge in [0.25, 0.3) is 5.91 Å². The van der Waals surface area contributed by atoms with E-state index in [1.165, 1.54) is 11.8 Å². The largest absolute Gasteiger partial charge is 0.289 e. The molecule has 1 amide bonds. The Kier molecular flexibility index (Phi) is 3.90. The average Bonchev–Trinajstić information content (AvgIpc) is 2.76. The van der Waals surface area contributed by atoms with Crippen molar-refractivity contribution in [3.05, 3.63) is 65.6 Å². The lowest BCUT2D eigenvalue weighted by Gasteiger charge is -2.10. The highest BCUT2D eigenvalue weighted by molar-refractivity contribution is 8.26. The molecule has 0 spiro atoms. The van der Waals surface area contributed by atoms with Crippen LogP contribution in [0.5, 0.6) is 0 Å². The van der Waals surface area contributed by atoms with Gasteiger partial charge in [-0.3, -0.25) is 9.69 Å². The van der Waals surface area contributed by atoms with Gasteiger partial charge in [-0.15, -0.1) is 6.58 Å². The van der Waals surface area contributed by atoms with Crippen LogP contribution < -0.4 is 0 Å². The Morgan fingerprint density at radius 3 is 2.76 bits per heavy atom. The molecule has 2 aromatic rings. The maximum Gasteiger partial charge on any atom is 0.266 e. The van der Waals surface area contributed by atoms with E-state index in [1.807, 2.05) is 30.3 Å². The van der Waals surface area contributed by atoms with Crippen molar-refractivity contribution in [2.75, 3.05) is 6.54 Å². The zero-order chi connectivity index (χ0) is 14.8. The average molecular weight is 311 g/mol. The number of thioether (sulfide) groups is 1. The topological polar surface area (TPSA) is 20.3 Å². The zero-order valence-corrected chi connectivity index (χ0v) is 12.9. The highest BCUT2D eigenvalue weighted by Gasteiger charge is 2.30. The normalized spacial score (nSPS) is 17.0. The second-order valence-corrected chi connectivity index (χ2v) is 6.33. The summed E-state index contributed by atoms with van der Waals surface area (Å²) >= 11 is 6.60. The third kappa shape index (κ3) is 2.64. The van der Waals surface area contributed by atoms with Gasteiger partial charge in [-0.2, -0.15) is 0 Å². The molecule has 3 rings (SSSR count). The summed E-state index contributed by atoms with van der Waals surface area (Å²) in [5.41, 5.74) is 1.03. The van der Waals surface area contributed by atoms with Crippen molar-refractivity contribution in [2.45, 2.75) is 0 Å². The number of fused-ring (bicyclic) bond motifs is 1. The van der Waals surface area contributed by atoms with Crippen molar-refractivity contribution in [1.29, 1.82) is 0 Å². The molecule has 0 aromatic heterocycles. The van der Waals surface area contributed by atoms with E-state index < -0.39 is 0 Å². The number of hydrogen-bond acceptors (Lipinski definition) is 3. The number of carbonyl (C=O) groups excluding carboxylic acids is 1. The molecule has 1 saturated heterocycles. The third-order valence-corrected chi connectivity index (χ3v) is 4.67. The third-order valence-electron chi connectivity index (χ3n) is 3.30. The summed E-state index contributed by atoms with van der Waals surface area (Å²) < 4.78 is 0.589. The summed E-state index contributed by atoms with van der Waals surface area (Å²) in [5, 5.41) is 2.29.